The summed E-state index contributed by atoms with van der Waals surface area (Å²) in [5, 5.41) is 5.35. The second-order valence-electron chi connectivity index (χ2n) is 4.57. The van der Waals surface area contributed by atoms with Crippen LogP contribution in [-0.4, -0.2) is 40.1 Å². The molecule has 1 atom stereocenters. The van der Waals surface area contributed by atoms with E-state index in [4.69, 9.17) is 5.73 Å². The molecule has 0 unspecified atom stereocenters. The molecule has 5 nitrogen and oxygen atoms in total. The number of benzene rings is 1. The monoisotopic (exact) mass is 390 g/mol. The Morgan fingerprint density at radius 2 is 2.32 bits per heavy atom. The van der Waals surface area contributed by atoms with Gasteiger partial charge in [-0.15, -0.1) is 0 Å². The van der Waals surface area contributed by atoms with E-state index >= 15 is 0 Å². The maximum Gasteiger partial charge on any atom is 0.235 e. The molecule has 1 amide bonds. The number of carbonyl (C=O) groups excluding carboxylic acids is 1. The van der Waals surface area contributed by atoms with E-state index in [-0.39, 0.29) is 11.9 Å². The highest BCUT2D eigenvalue weighted by Crippen LogP contribution is 2.24. The Morgan fingerprint density at radius 3 is 2.89 bits per heavy atom. The predicted octanol–water partition coefficient (Wildman–Crippen LogP) is 1.84. The minimum Gasteiger partial charge on any atom is -0.368 e. The number of likely N-dealkylation sites (N-methyl/N-ethyl adjacent to an activating group) is 1. The van der Waals surface area contributed by atoms with Crippen LogP contribution in [-0.2, 0) is 11.2 Å². The lowest BCUT2D eigenvalue weighted by Crippen LogP contribution is -2.41. The van der Waals surface area contributed by atoms with Gasteiger partial charge in [-0.3, -0.25) is 9.69 Å². The molecule has 1 heterocycles. The molecule has 0 aliphatic carbocycles. The number of hydrogen-bond acceptors (Lipinski definition) is 4. The van der Waals surface area contributed by atoms with Crippen molar-refractivity contribution in [2.24, 2.45) is 5.73 Å². The Labute approximate surface area is 128 Å². The molecule has 0 saturated heterocycles. The molecule has 0 aliphatic heterocycles. The quantitative estimate of drug-likeness (QED) is 0.792. The summed E-state index contributed by atoms with van der Waals surface area (Å²) in [6.45, 7) is 0. The van der Waals surface area contributed by atoms with Gasteiger partial charge in [-0.2, -0.15) is 9.19 Å². The molecule has 1 aromatic heterocycles. The zero-order chi connectivity index (χ0) is 14.0. The summed E-state index contributed by atoms with van der Waals surface area (Å²) in [6.07, 6.45) is 2.44. The first-order chi connectivity index (χ1) is 9.02. The van der Waals surface area contributed by atoms with Crippen molar-refractivity contribution in [2.75, 3.05) is 14.1 Å². The maximum atomic E-state index is 11.4. The number of primary amides is 1. The zero-order valence-electron chi connectivity index (χ0n) is 10.7. The second-order valence-corrected chi connectivity index (χ2v) is 6.23. The summed E-state index contributed by atoms with van der Waals surface area (Å²) in [6, 6.07) is 5.82. The highest BCUT2D eigenvalue weighted by Gasteiger charge is 2.18. The first-order valence-electron chi connectivity index (χ1n) is 5.74. The van der Waals surface area contributed by atoms with E-state index in [1.165, 1.54) is 9.12 Å². The fourth-order valence-corrected chi connectivity index (χ4v) is 3.27. The van der Waals surface area contributed by atoms with Crippen molar-refractivity contribution in [1.82, 2.24) is 14.1 Å². The van der Waals surface area contributed by atoms with Gasteiger partial charge in [-0.1, -0.05) is 6.07 Å². The van der Waals surface area contributed by atoms with Crippen LogP contribution in [0, 0.1) is 0 Å². The van der Waals surface area contributed by atoms with Crippen molar-refractivity contribution in [3.8, 4) is 0 Å². The van der Waals surface area contributed by atoms with Crippen molar-refractivity contribution in [1.29, 1.82) is 0 Å². The van der Waals surface area contributed by atoms with Crippen molar-refractivity contribution in [3.05, 3.63) is 30.0 Å². The number of nitrogens with zero attached hydrogens (tertiary/aromatic N) is 3. The molecule has 102 valence electrons. The molecule has 2 aromatic rings. The first-order valence-corrected chi connectivity index (χ1v) is 9.06. The summed E-state index contributed by atoms with van der Waals surface area (Å²) in [5.41, 5.74) is 7.58. The van der Waals surface area contributed by atoms with Gasteiger partial charge in [0.2, 0.25) is 5.91 Å². The van der Waals surface area contributed by atoms with E-state index in [9.17, 15) is 4.79 Å². The van der Waals surface area contributed by atoms with Crippen LogP contribution in [0.3, 0.4) is 0 Å². The lowest BCUT2D eigenvalue weighted by Gasteiger charge is -2.20. The molecule has 0 saturated carbocycles. The van der Waals surface area contributed by atoms with E-state index in [2.05, 4.69) is 32.4 Å². The van der Waals surface area contributed by atoms with Gasteiger partial charge in [0, 0.05) is 35.7 Å². The van der Waals surface area contributed by atoms with Crippen LogP contribution in [0.1, 0.15) is 5.56 Å². The van der Waals surface area contributed by atoms with Gasteiger partial charge in [-0.25, -0.2) is 0 Å². The van der Waals surface area contributed by atoms with Gasteiger partial charge in [0.25, 0.3) is 0 Å². The van der Waals surface area contributed by atoms with Gasteiger partial charge in [-0.05, 0) is 38.2 Å². The molecule has 1 aromatic carbocycles. The van der Waals surface area contributed by atoms with Crippen LogP contribution >= 0.6 is 30.3 Å². The van der Waals surface area contributed by atoms with Crippen molar-refractivity contribution >= 4 is 47.1 Å². The van der Waals surface area contributed by atoms with E-state index in [1.54, 1.807) is 0 Å². The van der Waals surface area contributed by atoms with E-state index in [0.29, 0.717) is 6.42 Å². The average molecular weight is 390 g/mol. The molecule has 0 fully saturated rings. The van der Waals surface area contributed by atoms with Gasteiger partial charge >= 0.3 is 0 Å². The number of aromatic nitrogens is 2. The standard InChI is InChI=1S/C12H15IN4OS/c1-16(2)11(12(14)18)6-8-3-4-10-9(5-8)7-15-17(10)19-13/h3-5,7,11H,6H2,1-2H3,(H2,14,18)/t11-/m0/s1. The molecule has 0 radical (unpaired) electrons. The summed E-state index contributed by atoms with van der Waals surface area (Å²) in [5.74, 6) is -0.302. The number of halogens is 1. The van der Waals surface area contributed by atoms with Crippen LogP contribution in [0.25, 0.3) is 10.9 Å². The number of carbonyl (C=O) groups is 1. The second kappa shape index (κ2) is 6.10. The van der Waals surface area contributed by atoms with Crippen LogP contribution in [0.5, 0.6) is 0 Å². The zero-order valence-corrected chi connectivity index (χ0v) is 13.7. The van der Waals surface area contributed by atoms with Crippen LogP contribution in [0.2, 0.25) is 0 Å². The summed E-state index contributed by atoms with van der Waals surface area (Å²) in [4.78, 5) is 13.3. The Kier molecular flexibility index (Phi) is 4.69. The smallest absolute Gasteiger partial charge is 0.235 e. The highest BCUT2D eigenvalue weighted by atomic mass is 127. The Bertz CT molecular complexity index is 598. The molecule has 0 aliphatic rings. The first kappa shape index (κ1) is 14.6. The minimum absolute atomic E-state index is 0.286. The van der Waals surface area contributed by atoms with Crippen LogP contribution in [0.4, 0.5) is 0 Å². The van der Waals surface area contributed by atoms with Gasteiger partial charge in [0.15, 0.2) is 0 Å². The van der Waals surface area contributed by atoms with Crippen molar-refractivity contribution in [3.63, 3.8) is 0 Å². The lowest BCUT2D eigenvalue weighted by atomic mass is 10.0. The molecule has 7 heteroatoms. The largest absolute Gasteiger partial charge is 0.368 e. The third-order valence-corrected chi connectivity index (χ3v) is 4.59. The summed E-state index contributed by atoms with van der Waals surface area (Å²) < 4.78 is 1.86. The Hall–Kier alpha value is -0.800. The normalized spacial score (nSPS) is 13.1. The Morgan fingerprint density at radius 1 is 1.58 bits per heavy atom. The number of rotatable bonds is 5. The number of amides is 1. The predicted molar refractivity (Wildman–Crippen MR) is 87.1 cm³/mol. The van der Waals surface area contributed by atoms with E-state index in [1.807, 2.05) is 41.4 Å². The molecule has 0 bridgehead atoms. The fraction of sp³-hybridized carbons (Fsp3) is 0.333. The number of fused-ring (bicyclic) bond motifs is 1. The summed E-state index contributed by atoms with van der Waals surface area (Å²) in [7, 11) is 5.25. The SMILES string of the molecule is CN(C)[C@@H](Cc1ccc2c(cnn2SI)c1)C(N)=O. The third-order valence-electron chi connectivity index (χ3n) is 3.05. The highest BCUT2D eigenvalue weighted by molar-refractivity contribution is 14.2. The van der Waals surface area contributed by atoms with Crippen LogP contribution < -0.4 is 5.73 Å². The molecule has 2 rings (SSSR count). The molecular weight excluding hydrogens is 375 g/mol. The van der Waals surface area contributed by atoms with E-state index < -0.39 is 0 Å². The van der Waals surface area contributed by atoms with Gasteiger partial charge in [0.05, 0.1) is 17.8 Å². The molecule has 0 spiro atoms. The topological polar surface area (TPSA) is 64.2 Å². The summed E-state index contributed by atoms with van der Waals surface area (Å²) >= 11 is 2.19. The lowest BCUT2D eigenvalue weighted by molar-refractivity contribution is -0.122. The third kappa shape index (κ3) is 3.21. The maximum absolute atomic E-state index is 11.4. The fourth-order valence-electron chi connectivity index (χ4n) is 2.00. The Balaban J connectivity index is 2.28. The molecular formula is C12H15IN4OS. The molecule has 19 heavy (non-hydrogen) atoms. The minimum atomic E-state index is -0.302. The molecule has 2 N–H and O–H groups in total. The van der Waals surface area contributed by atoms with E-state index in [0.717, 1.165) is 16.5 Å². The van der Waals surface area contributed by atoms with Crippen molar-refractivity contribution in [2.45, 2.75) is 12.5 Å². The number of hydrogen-bond donors (Lipinski definition) is 1. The number of nitrogens with two attached hydrogens (primary N) is 1. The average Bonchev–Trinajstić information content (AvgIpc) is 2.77. The van der Waals surface area contributed by atoms with Crippen molar-refractivity contribution < 1.29 is 4.79 Å². The van der Waals surface area contributed by atoms with Crippen LogP contribution in [0.15, 0.2) is 24.4 Å². The van der Waals surface area contributed by atoms with Gasteiger partial charge < -0.3 is 5.73 Å². The van der Waals surface area contributed by atoms with Gasteiger partial charge in [0.1, 0.15) is 0 Å².